The van der Waals surface area contributed by atoms with Gasteiger partial charge in [0.15, 0.2) is 11.6 Å². The summed E-state index contributed by atoms with van der Waals surface area (Å²) in [7, 11) is -0.133. The fourth-order valence-corrected chi connectivity index (χ4v) is 4.37. The van der Waals surface area contributed by atoms with Crippen LogP contribution in [-0.2, 0) is 23.4 Å². The van der Waals surface area contributed by atoms with Crippen LogP contribution in [0.4, 0.5) is 14.6 Å². The van der Waals surface area contributed by atoms with Gasteiger partial charge in [-0.1, -0.05) is 23.7 Å². The quantitative estimate of drug-likeness (QED) is 0.257. The van der Waals surface area contributed by atoms with E-state index in [1.807, 2.05) is 0 Å². The van der Waals surface area contributed by atoms with E-state index in [9.17, 15) is 24.3 Å². The van der Waals surface area contributed by atoms with Gasteiger partial charge in [-0.15, -0.1) is 0 Å². The van der Waals surface area contributed by atoms with Crippen LogP contribution in [0.1, 0.15) is 23.9 Å². The second-order valence-corrected chi connectivity index (χ2v) is 9.96. The number of aryl methyl sites for hydroxylation is 1. The Bertz CT molecular complexity index is 1560. The number of nitrogens with zero attached hydrogens (tertiary/aromatic N) is 6. The summed E-state index contributed by atoms with van der Waals surface area (Å²) in [5.74, 6) is -1.92. The van der Waals surface area contributed by atoms with E-state index in [0.29, 0.717) is 10.2 Å². The van der Waals surface area contributed by atoms with Crippen molar-refractivity contribution in [2.75, 3.05) is 18.2 Å². The highest BCUT2D eigenvalue weighted by atomic mass is 35.5. The monoisotopic (exact) mass is 582 g/mol. The average molecular weight is 583 g/mol. The van der Waals surface area contributed by atoms with E-state index in [1.54, 1.807) is 14.0 Å². The number of allylic oxidation sites excluding steroid dienone is 2. The van der Waals surface area contributed by atoms with Crippen LogP contribution < -0.4 is 10.5 Å². The Kier molecular flexibility index (Phi) is 9.30. The molecule has 1 atom stereocenters. The van der Waals surface area contributed by atoms with Crippen molar-refractivity contribution in [3.63, 3.8) is 0 Å². The lowest BCUT2D eigenvalue weighted by atomic mass is 10.1. The van der Waals surface area contributed by atoms with Gasteiger partial charge in [-0.2, -0.15) is 9.78 Å². The Morgan fingerprint density at radius 3 is 2.62 bits per heavy atom. The number of halogens is 3. The maximum absolute atomic E-state index is 15.6. The van der Waals surface area contributed by atoms with Crippen LogP contribution in [0.3, 0.4) is 0 Å². The molecule has 3 aromatic rings. The van der Waals surface area contributed by atoms with Gasteiger partial charge in [-0.3, -0.25) is 18.6 Å². The number of benzene rings is 1. The number of aromatic nitrogens is 4. The number of hydrogen-bond acceptors (Lipinski definition) is 9. The first-order chi connectivity index (χ1) is 18.3. The van der Waals surface area contributed by atoms with Gasteiger partial charge in [0.05, 0.1) is 28.1 Å². The number of rotatable bonds is 9. The Balaban J connectivity index is 2.03. The molecule has 0 saturated heterocycles. The maximum Gasteiger partial charge on any atom is 0.389 e. The zero-order valence-electron chi connectivity index (χ0n) is 21.2. The first kappa shape index (κ1) is 30.0. The van der Waals surface area contributed by atoms with Crippen LogP contribution in [0.5, 0.6) is 0 Å². The molecule has 0 radical (unpaired) electrons. The van der Waals surface area contributed by atoms with Crippen molar-refractivity contribution >= 4 is 40.1 Å². The molecule has 0 aliphatic carbocycles. The van der Waals surface area contributed by atoms with Crippen LogP contribution in [0, 0.1) is 12.7 Å². The lowest BCUT2D eigenvalue weighted by molar-refractivity contribution is -0.380. The number of hydrogen-bond donors (Lipinski definition) is 3. The van der Waals surface area contributed by atoms with Crippen LogP contribution in [0.2, 0.25) is 5.02 Å². The van der Waals surface area contributed by atoms with Gasteiger partial charge < -0.3 is 20.2 Å². The predicted octanol–water partition coefficient (Wildman–Crippen LogP) is 2.25. The molecule has 39 heavy (non-hydrogen) atoms. The largest absolute Gasteiger partial charge is 0.389 e. The second-order valence-electron chi connectivity index (χ2n) is 8.23. The Hall–Kier alpha value is -3.56. The van der Waals surface area contributed by atoms with E-state index < -0.39 is 39.8 Å². The van der Waals surface area contributed by atoms with Crippen molar-refractivity contribution in [3.05, 3.63) is 86.8 Å². The molecule has 1 aromatic carbocycles. The summed E-state index contributed by atoms with van der Waals surface area (Å²) in [6.45, 7) is 3.10. The molecule has 3 rings (SSSR count). The third kappa shape index (κ3) is 6.72. The molecule has 11 nitrogen and oxygen atoms in total. The molecule has 3 N–H and O–H groups in total. The molecule has 2 aromatic heterocycles. The summed E-state index contributed by atoms with van der Waals surface area (Å²) in [5, 5.41) is 30.9. The Morgan fingerprint density at radius 1 is 1.33 bits per heavy atom. The number of aliphatic imine (C=N–C) groups is 1. The SMILES string of the molecule is C/C=C/N=C(/C(F)=C/n1c(C)nc(N(C)Cc2cnn(C(O)(O)O)c2)c(Cl)c1=O)c1cccc(S(C)=O)c1F. The summed E-state index contributed by atoms with van der Waals surface area (Å²) < 4.78 is 43.9. The van der Waals surface area contributed by atoms with E-state index in [2.05, 4.69) is 15.1 Å². The highest BCUT2D eigenvalue weighted by Gasteiger charge is 2.24. The topological polar surface area (TPSA) is 146 Å². The minimum Gasteiger partial charge on any atom is -0.354 e. The van der Waals surface area contributed by atoms with Gasteiger partial charge >= 0.3 is 6.10 Å². The molecular weight excluding hydrogens is 558 g/mol. The molecule has 2 heterocycles. The highest BCUT2D eigenvalue weighted by molar-refractivity contribution is 7.84. The van der Waals surface area contributed by atoms with Crippen molar-refractivity contribution in [3.8, 4) is 0 Å². The summed E-state index contributed by atoms with van der Waals surface area (Å²) >= 11 is 6.29. The van der Waals surface area contributed by atoms with Crippen molar-refractivity contribution in [2.45, 2.75) is 31.4 Å². The van der Waals surface area contributed by atoms with Crippen molar-refractivity contribution < 1.29 is 28.3 Å². The molecule has 0 fully saturated rings. The van der Waals surface area contributed by atoms with Gasteiger partial charge in [0.1, 0.15) is 22.4 Å². The lowest BCUT2D eigenvalue weighted by Crippen LogP contribution is -2.32. The van der Waals surface area contributed by atoms with Crippen molar-refractivity contribution in [2.24, 2.45) is 4.99 Å². The van der Waals surface area contributed by atoms with Gasteiger partial charge in [0.2, 0.25) is 0 Å². The Labute approximate surface area is 229 Å². The third-order valence-electron chi connectivity index (χ3n) is 5.29. The molecule has 0 saturated carbocycles. The van der Waals surface area contributed by atoms with E-state index in [-0.39, 0.29) is 33.7 Å². The first-order valence-corrected chi connectivity index (χ1v) is 13.1. The van der Waals surface area contributed by atoms with Crippen LogP contribution in [0.15, 0.2) is 63.4 Å². The maximum atomic E-state index is 15.6. The van der Waals surface area contributed by atoms with E-state index in [1.165, 1.54) is 54.8 Å². The fraction of sp³-hybridized carbons (Fsp3) is 0.250. The van der Waals surface area contributed by atoms with E-state index in [4.69, 9.17) is 11.6 Å². The zero-order valence-corrected chi connectivity index (χ0v) is 22.8. The number of anilines is 1. The van der Waals surface area contributed by atoms with Gasteiger partial charge in [0, 0.05) is 43.4 Å². The van der Waals surface area contributed by atoms with Crippen molar-refractivity contribution in [1.29, 1.82) is 0 Å². The van der Waals surface area contributed by atoms with Gasteiger partial charge in [-0.05, 0) is 26.0 Å². The average Bonchev–Trinajstić information content (AvgIpc) is 3.34. The summed E-state index contributed by atoms with van der Waals surface area (Å²) in [4.78, 5) is 22.7. The molecule has 0 amide bonds. The minimum atomic E-state index is -3.19. The highest BCUT2D eigenvalue weighted by Crippen LogP contribution is 2.24. The van der Waals surface area contributed by atoms with Gasteiger partial charge in [0.25, 0.3) is 5.56 Å². The van der Waals surface area contributed by atoms with Crippen LogP contribution >= 0.6 is 11.6 Å². The predicted molar refractivity (Wildman–Crippen MR) is 143 cm³/mol. The molecule has 0 aliphatic heterocycles. The van der Waals surface area contributed by atoms with Crippen molar-refractivity contribution in [1.82, 2.24) is 19.3 Å². The normalized spacial score (nSPS) is 13.8. The molecule has 0 bridgehead atoms. The van der Waals surface area contributed by atoms with Crippen LogP contribution in [0.25, 0.3) is 6.20 Å². The summed E-state index contributed by atoms with van der Waals surface area (Å²) in [6.07, 6.45) is 4.04. The molecule has 15 heteroatoms. The van der Waals surface area contributed by atoms with Crippen LogP contribution in [-0.4, -0.2) is 57.9 Å². The summed E-state index contributed by atoms with van der Waals surface area (Å²) in [5.41, 5.74) is -1.11. The minimum absolute atomic E-state index is 0.0338. The first-order valence-electron chi connectivity index (χ1n) is 11.2. The zero-order chi connectivity index (χ0) is 29.1. The number of aliphatic hydroxyl groups is 3. The molecule has 0 spiro atoms. The molecular formula is C24H25ClF2N6O5S. The summed E-state index contributed by atoms with van der Waals surface area (Å²) in [6, 6.07) is 4.01. The lowest BCUT2D eigenvalue weighted by Gasteiger charge is -2.20. The van der Waals surface area contributed by atoms with Gasteiger partial charge in [-0.25, -0.2) is 13.8 Å². The molecule has 208 valence electrons. The fourth-order valence-electron chi connectivity index (χ4n) is 3.46. The Morgan fingerprint density at radius 2 is 2.03 bits per heavy atom. The third-order valence-corrected chi connectivity index (χ3v) is 6.56. The van der Waals surface area contributed by atoms with E-state index in [0.717, 1.165) is 17.0 Å². The standard InChI is InChI=1S/C24H25ClF2N6O5S/c1-5-9-28-21(16-7-6-8-18(20(16)27)39(4)38)17(26)13-32-14(2)30-22(19(25)23(32)34)31(3)11-15-10-29-33(12-15)24(35,36)37/h5-10,12-13,35-37H,11H2,1-4H3/b9-5+,17-13-,28-21+. The second kappa shape index (κ2) is 12.1. The molecule has 1 unspecified atom stereocenters. The molecule has 0 aliphatic rings. The van der Waals surface area contributed by atoms with E-state index >= 15 is 8.78 Å². The smallest absolute Gasteiger partial charge is 0.354 e.